The van der Waals surface area contributed by atoms with E-state index < -0.39 is 93.3 Å². The summed E-state index contributed by atoms with van der Waals surface area (Å²) in [7, 11) is 1.06. The number of methoxy groups -OCH3 is 1. The van der Waals surface area contributed by atoms with Gasteiger partial charge in [-0.3, -0.25) is 9.59 Å². The fourth-order valence-electron chi connectivity index (χ4n) is 5.87. The molecule has 1 heterocycles. The van der Waals surface area contributed by atoms with E-state index in [1.807, 2.05) is 0 Å². The minimum Gasteiger partial charge on any atom is -0.482 e. The average molecular weight is 773 g/mol. The lowest BCUT2D eigenvalue weighted by atomic mass is 10.1. The molecule has 16 heteroatoms. The van der Waals surface area contributed by atoms with Gasteiger partial charge < -0.3 is 29.6 Å². The second kappa shape index (κ2) is 17.3. The molecule has 0 aliphatic heterocycles. The number of ether oxygens (including phenoxy) is 4. The number of amides is 3. The molecule has 3 aromatic rings. The van der Waals surface area contributed by atoms with Crippen molar-refractivity contribution in [2.45, 2.75) is 91.7 Å². The van der Waals surface area contributed by atoms with Crippen LogP contribution in [0.4, 0.5) is 22.8 Å². The van der Waals surface area contributed by atoms with Crippen molar-refractivity contribution in [3.63, 3.8) is 0 Å². The minimum atomic E-state index is -1.27. The maximum absolute atomic E-state index is 14.5. The number of esters is 1. The van der Waals surface area contributed by atoms with E-state index in [2.05, 4.69) is 10.6 Å². The Labute approximate surface area is 317 Å². The Kier molecular flexibility index (Phi) is 13.3. The lowest BCUT2D eigenvalue weighted by Gasteiger charge is -2.35. The fraction of sp³-hybridized carbons (Fsp3) is 0.462. The van der Waals surface area contributed by atoms with Crippen LogP contribution in [-0.4, -0.2) is 59.6 Å². The SMILES string of the molecule is COC(=O)c1c(OCc2ccccc2)c(=O)c(C(=O)NCc2c(F)cc(F)cc2F)cn1N(C(=O)OC(C)(C)C)[C@H](C)[C@@H]1C[C@H]1CCNC(=O)OC(C)(C)C. The largest absolute Gasteiger partial charge is 0.482 e. The quantitative estimate of drug-likeness (QED) is 0.149. The van der Waals surface area contributed by atoms with E-state index in [0.29, 0.717) is 30.5 Å². The molecule has 0 radical (unpaired) electrons. The molecule has 3 atom stereocenters. The third-order valence-corrected chi connectivity index (χ3v) is 8.51. The Morgan fingerprint density at radius 1 is 0.945 bits per heavy atom. The molecule has 2 N–H and O–H groups in total. The molecule has 1 fully saturated rings. The first kappa shape index (κ1) is 42.2. The zero-order valence-electron chi connectivity index (χ0n) is 32.1. The van der Waals surface area contributed by atoms with Crippen LogP contribution in [-0.2, 0) is 27.4 Å². The highest BCUT2D eigenvalue weighted by molar-refractivity contribution is 5.97. The number of alkyl carbamates (subject to hydrolysis) is 1. The van der Waals surface area contributed by atoms with Crippen LogP contribution in [0.15, 0.2) is 53.5 Å². The van der Waals surface area contributed by atoms with Gasteiger partial charge in [0.15, 0.2) is 5.69 Å². The molecule has 0 spiro atoms. The van der Waals surface area contributed by atoms with Crippen LogP contribution in [0.5, 0.6) is 5.75 Å². The van der Waals surface area contributed by atoms with Crippen LogP contribution in [0.1, 0.15) is 93.3 Å². The Bertz CT molecular complexity index is 1940. The van der Waals surface area contributed by atoms with Crippen molar-refractivity contribution in [3.8, 4) is 5.75 Å². The first-order valence-corrected chi connectivity index (χ1v) is 17.7. The molecule has 1 saturated carbocycles. The predicted octanol–water partition coefficient (Wildman–Crippen LogP) is 6.37. The monoisotopic (exact) mass is 772 g/mol. The van der Waals surface area contributed by atoms with E-state index in [9.17, 15) is 37.1 Å². The van der Waals surface area contributed by atoms with E-state index in [0.717, 1.165) is 23.0 Å². The summed E-state index contributed by atoms with van der Waals surface area (Å²) in [6, 6.07) is 8.71. The molecule has 3 amide bonds. The number of hydrogen-bond acceptors (Lipinski definition) is 9. The Morgan fingerprint density at radius 3 is 2.15 bits per heavy atom. The van der Waals surface area contributed by atoms with Crippen molar-refractivity contribution < 1.29 is 51.3 Å². The van der Waals surface area contributed by atoms with Crippen molar-refractivity contribution >= 4 is 24.1 Å². The number of carbonyl (C=O) groups excluding carboxylic acids is 4. The van der Waals surface area contributed by atoms with Gasteiger partial charge in [0.2, 0.25) is 11.2 Å². The van der Waals surface area contributed by atoms with Crippen LogP contribution < -0.4 is 25.8 Å². The molecule has 2 aromatic carbocycles. The maximum atomic E-state index is 14.5. The van der Waals surface area contributed by atoms with Gasteiger partial charge in [-0.15, -0.1) is 0 Å². The number of aromatic nitrogens is 1. The molecule has 4 rings (SSSR count). The van der Waals surface area contributed by atoms with Crippen molar-refractivity contribution in [3.05, 3.63) is 98.7 Å². The fourth-order valence-corrected chi connectivity index (χ4v) is 5.87. The maximum Gasteiger partial charge on any atom is 0.429 e. The van der Waals surface area contributed by atoms with E-state index >= 15 is 0 Å². The Hall–Kier alpha value is -5.54. The number of nitrogens with one attached hydrogen (secondary N) is 2. The lowest BCUT2D eigenvalue weighted by molar-refractivity contribution is 0.0494. The van der Waals surface area contributed by atoms with E-state index in [-0.39, 0.29) is 25.0 Å². The van der Waals surface area contributed by atoms with Crippen LogP contribution >= 0.6 is 0 Å². The molecule has 1 aliphatic rings. The van der Waals surface area contributed by atoms with Crippen LogP contribution in [0.25, 0.3) is 0 Å². The summed E-state index contributed by atoms with van der Waals surface area (Å²) in [5.74, 6) is -6.84. The number of hydrogen-bond donors (Lipinski definition) is 2. The minimum absolute atomic E-state index is 0.00657. The third-order valence-electron chi connectivity index (χ3n) is 8.51. The molecule has 13 nitrogen and oxygen atoms in total. The summed E-state index contributed by atoms with van der Waals surface area (Å²) < 4.78 is 65.5. The van der Waals surface area contributed by atoms with Crippen LogP contribution in [0, 0.1) is 29.3 Å². The van der Waals surface area contributed by atoms with E-state index in [1.54, 1.807) is 78.8 Å². The molecule has 298 valence electrons. The van der Waals surface area contributed by atoms with Crippen LogP contribution in [0.3, 0.4) is 0 Å². The smallest absolute Gasteiger partial charge is 0.429 e. The zero-order chi connectivity index (χ0) is 40.8. The molecular formula is C39H47F3N4O9. The molecule has 0 saturated heterocycles. The Morgan fingerprint density at radius 2 is 1.56 bits per heavy atom. The van der Waals surface area contributed by atoms with Crippen molar-refractivity contribution in [1.29, 1.82) is 0 Å². The highest BCUT2D eigenvalue weighted by Crippen LogP contribution is 2.45. The molecule has 55 heavy (non-hydrogen) atoms. The summed E-state index contributed by atoms with van der Waals surface area (Å²) in [6.45, 7) is 11.0. The van der Waals surface area contributed by atoms with Crippen molar-refractivity contribution in [2.24, 2.45) is 11.8 Å². The molecular weight excluding hydrogens is 725 g/mol. The van der Waals surface area contributed by atoms with Gasteiger partial charge in [0.05, 0.1) is 13.2 Å². The highest BCUT2D eigenvalue weighted by Gasteiger charge is 2.46. The van der Waals surface area contributed by atoms with Crippen LogP contribution in [0.2, 0.25) is 0 Å². The lowest BCUT2D eigenvalue weighted by Crippen LogP contribution is -2.52. The second-order valence-corrected chi connectivity index (χ2v) is 15.1. The first-order valence-electron chi connectivity index (χ1n) is 17.7. The van der Waals surface area contributed by atoms with Gasteiger partial charge in [0.1, 0.15) is 40.8 Å². The predicted molar refractivity (Wildman–Crippen MR) is 195 cm³/mol. The van der Waals surface area contributed by atoms with Gasteiger partial charge in [-0.1, -0.05) is 30.3 Å². The van der Waals surface area contributed by atoms with Gasteiger partial charge >= 0.3 is 18.2 Å². The third kappa shape index (κ3) is 11.2. The molecule has 1 aromatic heterocycles. The second-order valence-electron chi connectivity index (χ2n) is 15.1. The highest BCUT2D eigenvalue weighted by atomic mass is 19.1. The van der Waals surface area contributed by atoms with Gasteiger partial charge in [-0.2, -0.15) is 0 Å². The Balaban J connectivity index is 1.80. The summed E-state index contributed by atoms with van der Waals surface area (Å²) >= 11 is 0. The van der Waals surface area contributed by atoms with Gasteiger partial charge in [0.25, 0.3) is 5.91 Å². The molecule has 1 aliphatic carbocycles. The number of halogens is 3. The summed E-state index contributed by atoms with van der Waals surface area (Å²) in [4.78, 5) is 67.7. The number of rotatable bonds is 13. The summed E-state index contributed by atoms with van der Waals surface area (Å²) in [5, 5.41) is 6.06. The van der Waals surface area contributed by atoms with Crippen molar-refractivity contribution in [1.82, 2.24) is 15.3 Å². The summed E-state index contributed by atoms with van der Waals surface area (Å²) in [6.07, 6.45) is 0.507. The van der Waals surface area contributed by atoms with Gasteiger partial charge in [-0.25, -0.2) is 37.2 Å². The van der Waals surface area contributed by atoms with E-state index in [1.165, 1.54) is 0 Å². The first-order chi connectivity index (χ1) is 25.7. The number of pyridine rings is 1. The van der Waals surface area contributed by atoms with Gasteiger partial charge in [-0.05, 0) is 78.7 Å². The zero-order valence-corrected chi connectivity index (χ0v) is 32.1. The standard InChI is InChI=1S/C39H47F3N4O9/c1-22(26-16-24(26)14-15-43-36(50)54-38(2,3)4)46(37(51)55-39(5,6)7)45-20-28(34(48)44-19-27-29(41)17-25(40)18-30(27)42)32(47)33(31(45)35(49)52-8)53-21-23-12-10-9-11-13-23/h9-13,17-18,20,22,24,26H,14-16,19,21H2,1-8H3,(H,43,50)(H,44,48)/t22-,24-,26+/m1/s1. The van der Waals surface area contributed by atoms with Crippen molar-refractivity contribution in [2.75, 3.05) is 18.7 Å². The summed E-state index contributed by atoms with van der Waals surface area (Å²) in [5.41, 5.74) is -4.14. The number of benzene rings is 2. The van der Waals surface area contributed by atoms with Gasteiger partial charge in [0, 0.05) is 37.0 Å². The average Bonchev–Trinajstić information content (AvgIpc) is 3.85. The topological polar surface area (TPSA) is 154 Å². The van der Waals surface area contributed by atoms with E-state index in [4.69, 9.17) is 18.9 Å². The molecule has 0 unspecified atom stereocenters. The molecule has 0 bridgehead atoms. The normalized spacial score (nSPS) is 15.7. The number of carbonyl (C=O) groups is 4. The number of nitrogens with zero attached hydrogens (tertiary/aromatic N) is 2.